The summed E-state index contributed by atoms with van der Waals surface area (Å²) >= 11 is 4.10. The van der Waals surface area contributed by atoms with E-state index in [0.717, 1.165) is 0 Å². The van der Waals surface area contributed by atoms with E-state index in [1.807, 2.05) is 0 Å². The number of carbonyl (C=O) groups is 1. The van der Waals surface area contributed by atoms with Crippen LogP contribution in [0.1, 0.15) is 19.8 Å². The molecular weight excluding hydrogens is 211 g/mol. The van der Waals surface area contributed by atoms with Crippen LogP contribution in [0.2, 0.25) is 0 Å². The van der Waals surface area contributed by atoms with E-state index in [4.69, 9.17) is 0 Å². The van der Waals surface area contributed by atoms with Gasteiger partial charge in [-0.2, -0.15) is 0 Å². The van der Waals surface area contributed by atoms with E-state index in [0.29, 0.717) is 12.8 Å². The maximum absolute atomic E-state index is 10.3. The zero-order chi connectivity index (χ0) is 8.20. The summed E-state index contributed by atoms with van der Waals surface area (Å²) in [4.78, 5) is 10.3. The van der Waals surface area contributed by atoms with Gasteiger partial charge in [-0.05, 0) is 33.3 Å². The minimum Gasteiger partial charge on any atom is -0.769 e. The average molecular weight is 220 g/mol. The Labute approximate surface area is 114 Å². The zero-order valence-corrected chi connectivity index (χ0v) is 11.4. The maximum atomic E-state index is 10.3. The summed E-state index contributed by atoms with van der Waals surface area (Å²) in [6, 6.07) is 0. The molecular formula is C5H9KO3S2. The molecule has 0 saturated carbocycles. The number of Topliss-reactive ketones (excluding diaryl/α,β-unsaturated/α-hetero) is 1. The number of hydrogen-bond donors (Lipinski definition) is 0. The Hall–Kier alpha value is 1.64. The monoisotopic (exact) mass is 220 g/mol. The second-order valence-electron chi connectivity index (χ2n) is 2.07. The largest absolute Gasteiger partial charge is 1.00 e. The third-order valence-corrected chi connectivity index (χ3v) is 2.21. The molecule has 0 aliphatic rings. The molecule has 0 fully saturated rings. The van der Waals surface area contributed by atoms with E-state index < -0.39 is 8.77 Å². The Kier molecular flexibility index (Phi) is 9.73. The smallest absolute Gasteiger partial charge is 0.769 e. The molecule has 0 N–H and O–H groups in total. The fraction of sp³-hybridized carbons (Fsp3) is 0.800. The van der Waals surface area contributed by atoms with Crippen LogP contribution in [-0.2, 0) is 24.8 Å². The molecule has 0 saturated heterocycles. The van der Waals surface area contributed by atoms with Crippen LogP contribution in [0.4, 0.5) is 0 Å². The summed E-state index contributed by atoms with van der Waals surface area (Å²) < 4.78 is 20.6. The average Bonchev–Trinajstić information content (AvgIpc) is 1.59. The van der Waals surface area contributed by atoms with Crippen molar-refractivity contribution >= 4 is 25.7 Å². The van der Waals surface area contributed by atoms with Gasteiger partial charge < -0.3 is 9.35 Å². The van der Waals surface area contributed by atoms with Gasteiger partial charge >= 0.3 is 51.4 Å². The molecule has 0 aromatic carbocycles. The molecule has 6 heteroatoms. The summed E-state index contributed by atoms with van der Waals surface area (Å²) in [5.74, 6) is -0.0688. The van der Waals surface area contributed by atoms with Crippen molar-refractivity contribution in [2.24, 2.45) is 0 Å². The summed E-state index contributed by atoms with van der Waals surface area (Å²) in [6.45, 7) is 1.43. The van der Waals surface area contributed by atoms with Crippen molar-refractivity contribution in [3.8, 4) is 0 Å². The Morgan fingerprint density at radius 2 is 2.09 bits per heavy atom. The van der Waals surface area contributed by atoms with Gasteiger partial charge in [0.05, 0.1) is 0 Å². The van der Waals surface area contributed by atoms with Gasteiger partial charge in [-0.25, -0.2) is 0 Å². The zero-order valence-electron chi connectivity index (χ0n) is 6.66. The Morgan fingerprint density at radius 1 is 1.64 bits per heavy atom. The van der Waals surface area contributed by atoms with Crippen molar-refractivity contribution in [1.82, 2.24) is 0 Å². The molecule has 0 aromatic heterocycles. The second-order valence-corrected chi connectivity index (χ2v) is 5.11. The van der Waals surface area contributed by atoms with Crippen molar-refractivity contribution in [1.29, 1.82) is 0 Å². The van der Waals surface area contributed by atoms with Crippen molar-refractivity contribution < 1.29 is 64.9 Å². The third kappa shape index (κ3) is 14.5. The fourth-order valence-corrected chi connectivity index (χ4v) is 1.35. The first kappa shape index (κ1) is 15.1. The van der Waals surface area contributed by atoms with E-state index in [1.54, 1.807) is 0 Å². The maximum Gasteiger partial charge on any atom is 1.00 e. The van der Waals surface area contributed by atoms with Gasteiger partial charge in [-0.1, -0.05) is 0 Å². The molecule has 0 aliphatic carbocycles. The molecule has 11 heavy (non-hydrogen) atoms. The molecule has 0 aromatic rings. The number of hydrogen-bond acceptors (Lipinski definition) is 4. The first-order valence-electron chi connectivity index (χ1n) is 2.85. The summed E-state index contributed by atoms with van der Waals surface area (Å²) in [7, 11) is -3.29. The molecule has 60 valence electrons. The fourth-order valence-electron chi connectivity index (χ4n) is 0.498. The second kappa shape index (κ2) is 7.08. The first-order chi connectivity index (χ1) is 4.42. The number of ketones is 1. The summed E-state index contributed by atoms with van der Waals surface area (Å²) in [5, 5.41) is 0. The molecule has 3 nitrogen and oxygen atoms in total. The van der Waals surface area contributed by atoms with Gasteiger partial charge in [0, 0.05) is 12.2 Å². The van der Waals surface area contributed by atoms with Crippen molar-refractivity contribution in [2.75, 3.05) is 5.75 Å². The molecule has 0 rings (SSSR count). The minimum absolute atomic E-state index is 0. The predicted molar refractivity (Wildman–Crippen MR) is 41.1 cm³/mol. The molecule has 0 radical (unpaired) electrons. The number of rotatable bonds is 4. The standard InChI is InChI=1S/C5H10O3S2.K/c1-5(6)3-2-4-10(7,8)9;/h2-4H2,1H3,(H,7,8,9);/q;+1/p-1. The molecule has 1 atom stereocenters. The van der Waals surface area contributed by atoms with Crippen LogP contribution < -0.4 is 51.4 Å². The van der Waals surface area contributed by atoms with Gasteiger partial charge in [0.1, 0.15) is 5.78 Å². The molecule has 0 amide bonds. The summed E-state index contributed by atoms with van der Waals surface area (Å²) in [6.07, 6.45) is 0.650. The van der Waals surface area contributed by atoms with Crippen LogP contribution >= 0.6 is 0 Å². The van der Waals surface area contributed by atoms with Gasteiger partial charge in [-0.3, -0.25) is 4.21 Å². The quantitative estimate of drug-likeness (QED) is 0.482. The Bertz CT molecular complexity index is 210. The van der Waals surface area contributed by atoms with E-state index >= 15 is 0 Å². The Balaban J connectivity index is 0. The van der Waals surface area contributed by atoms with E-state index in [-0.39, 0.29) is 62.9 Å². The van der Waals surface area contributed by atoms with Crippen LogP contribution in [0.25, 0.3) is 0 Å². The topological polar surface area (TPSA) is 57.2 Å². The van der Waals surface area contributed by atoms with Crippen LogP contribution in [0.3, 0.4) is 0 Å². The van der Waals surface area contributed by atoms with Gasteiger partial charge in [0.25, 0.3) is 0 Å². The normalized spacial score (nSPS) is 14.7. The number of carbonyl (C=O) groups excluding carboxylic acids is 1. The first-order valence-corrected chi connectivity index (χ1v) is 5.42. The van der Waals surface area contributed by atoms with Crippen molar-refractivity contribution in [3.63, 3.8) is 0 Å². The molecule has 0 spiro atoms. The molecule has 0 aliphatic heterocycles. The predicted octanol–water partition coefficient (Wildman–Crippen LogP) is -2.76. The molecule has 1 unspecified atom stereocenters. The third-order valence-electron chi connectivity index (χ3n) is 0.923. The van der Waals surface area contributed by atoms with Crippen LogP contribution in [0, 0.1) is 0 Å². The van der Waals surface area contributed by atoms with Crippen LogP contribution in [-0.4, -0.2) is 20.3 Å². The van der Waals surface area contributed by atoms with Gasteiger partial charge in [0.15, 0.2) is 0 Å². The van der Waals surface area contributed by atoms with E-state index in [2.05, 4.69) is 11.2 Å². The summed E-state index contributed by atoms with van der Waals surface area (Å²) in [5.41, 5.74) is 0. The van der Waals surface area contributed by atoms with Crippen molar-refractivity contribution in [2.45, 2.75) is 19.8 Å². The minimum atomic E-state index is -3.29. The SMILES string of the molecule is CC(=O)CCCS(=O)([O-])=S.[K+]. The Morgan fingerprint density at radius 3 is 2.36 bits per heavy atom. The molecule has 0 bridgehead atoms. The molecule has 0 heterocycles. The van der Waals surface area contributed by atoms with Gasteiger partial charge in [0.2, 0.25) is 0 Å². The van der Waals surface area contributed by atoms with E-state index in [9.17, 15) is 13.6 Å². The van der Waals surface area contributed by atoms with Crippen LogP contribution in [0.15, 0.2) is 0 Å². The van der Waals surface area contributed by atoms with E-state index in [1.165, 1.54) is 6.92 Å². The van der Waals surface area contributed by atoms with Gasteiger partial charge in [-0.15, -0.1) is 0 Å². The van der Waals surface area contributed by atoms with Crippen molar-refractivity contribution in [3.05, 3.63) is 0 Å². The van der Waals surface area contributed by atoms with Crippen LogP contribution in [0.5, 0.6) is 0 Å².